The molecule has 2 atom stereocenters. The SMILES string of the molecule is CN(C(=O)c1cscn1)C1COCC1C(=O)O. The number of likely N-dealkylation sites (N-methyl/N-ethyl adjacent to an activating group) is 1. The first-order chi connectivity index (χ1) is 8.11. The van der Waals surface area contributed by atoms with Gasteiger partial charge < -0.3 is 14.7 Å². The molecular formula is C10H12N2O4S. The number of hydrogen-bond acceptors (Lipinski definition) is 5. The highest BCUT2D eigenvalue weighted by molar-refractivity contribution is 7.07. The Morgan fingerprint density at radius 2 is 2.35 bits per heavy atom. The standard InChI is InChI=1S/C10H12N2O4S/c1-12(9(13)7-4-17-5-11-7)8-3-16-2-6(8)10(14)15/h4-6,8H,2-3H2,1H3,(H,14,15). The molecule has 7 heteroatoms. The van der Waals surface area contributed by atoms with Gasteiger partial charge in [0, 0.05) is 12.4 Å². The summed E-state index contributed by atoms with van der Waals surface area (Å²) in [4.78, 5) is 28.3. The van der Waals surface area contributed by atoms with Gasteiger partial charge in [-0.3, -0.25) is 9.59 Å². The lowest BCUT2D eigenvalue weighted by Gasteiger charge is -2.25. The minimum absolute atomic E-state index is 0.148. The lowest BCUT2D eigenvalue weighted by atomic mass is 10.0. The minimum atomic E-state index is -0.939. The van der Waals surface area contributed by atoms with E-state index in [2.05, 4.69) is 4.98 Å². The van der Waals surface area contributed by atoms with Gasteiger partial charge in [0.25, 0.3) is 5.91 Å². The predicted molar refractivity (Wildman–Crippen MR) is 59.9 cm³/mol. The van der Waals surface area contributed by atoms with Crippen molar-refractivity contribution in [1.29, 1.82) is 0 Å². The van der Waals surface area contributed by atoms with Gasteiger partial charge >= 0.3 is 5.97 Å². The van der Waals surface area contributed by atoms with Gasteiger partial charge in [-0.2, -0.15) is 0 Å². The molecule has 1 aromatic rings. The summed E-state index contributed by atoms with van der Waals surface area (Å²) in [6, 6.07) is -0.429. The van der Waals surface area contributed by atoms with Gasteiger partial charge in [-0.05, 0) is 0 Å². The zero-order chi connectivity index (χ0) is 12.4. The smallest absolute Gasteiger partial charge is 0.311 e. The van der Waals surface area contributed by atoms with Crippen molar-refractivity contribution in [3.8, 4) is 0 Å². The second kappa shape index (κ2) is 4.80. The van der Waals surface area contributed by atoms with Crippen LogP contribution in [0.15, 0.2) is 10.9 Å². The van der Waals surface area contributed by atoms with E-state index in [-0.39, 0.29) is 19.1 Å². The monoisotopic (exact) mass is 256 g/mol. The molecule has 0 radical (unpaired) electrons. The fourth-order valence-electron chi connectivity index (χ4n) is 1.81. The van der Waals surface area contributed by atoms with Crippen molar-refractivity contribution in [2.24, 2.45) is 5.92 Å². The number of carboxylic acids is 1. The average Bonchev–Trinajstić information content (AvgIpc) is 2.97. The van der Waals surface area contributed by atoms with E-state index in [1.807, 2.05) is 0 Å². The maximum absolute atomic E-state index is 12.0. The van der Waals surface area contributed by atoms with Gasteiger partial charge in [0.15, 0.2) is 0 Å². The molecule has 17 heavy (non-hydrogen) atoms. The number of rotatable bonds is 3. The summed E-state index contributed by atoms with van der Waals surface area (Å²) >= 11 is 1.33. The number of aliphatic carboxylic acids is 1. The van der Waals surface area contributed by atoms with Gasteiger partial charge in [-0.15, -0.1) is 11.3 Å². The lowest BCUT2D eigenvalue weighted by molar-refractivity contribution is -0.142. The van der Waals surface area contributed by atoms with E-state index in [0.717, 1.165) is 0 Å². The Bertz CT molecular complexity index is 420. The van der Waals surface area contributed by atoms with Crippen molar-refractivity contribution < 1.29 is 19.4 Å². The molecule has 1 saturated heterocycles. The van der Waals surface area contributed by atoms with Gasteiger partial charge in [-0.1, -0.05) is 0 Å². The average molecular weight is 256 g/mol. The Kier molecular flexibility index (Phi) is 3.39. The number of nitrogens with zero attached hydrogens (tertiary/aromatic N) is 2. The van der Waals surface area contributed by atoms with Crippen LogP contribution in [-0.4, -0.2) is 53.2 Å². The van der Waals surface area contributed by atoms with Gasteiger partial charge in [0.1, 0.15) is 11.6 Å². The van der Waals surface area contributed by atoms with E-state index in [1.165, 1.54) is 16.2 Å². The molecule has 0 aliphatic carbocycles. The van der Waals surface area contributed by atoms with Crippen LogP contribution in [0.4, 0.5) is 0 Å². The molecule has 2 heterocycles. The molecule has 0 bridgehead atoms. The Morgan fingerprint density at radius 3 is 2.94 bits per heavy atom. The van der Waals surface area contributed by atoms with Crippen LogP contribution in [0.3, 0.4) is 0 Å². The largest absolute Gasteiger partial charge is 0.481 e. The molecule has 1 amide bonds. The fourth-order valence-corrected chi connectivity index (χ4v) is 2.34. The van der Waals surface area contributed by atoms with E-state index in [4.69, 9.17) is 9.84 Å². The van der Waals surface area contributed by atoms with Crippen molar-refractivity contribution in [2.45, 2.75) is 6.04 Å². The molecule has 1 aromatic heterocycles. The predicted octanol–water partition coefficient (Wildman–Crippen LogP) is 0.315. The Labute approximate surface area is 102 Å². The van der Waals surface area contributed by atoms with Crippen molar-refractivity contribution in [1.82, 2.24) is 9.88 Å². The molecule has 0 spiro atoms. The quantitative estimate of drug-likeness (QED) is 0.842. The van der Waals surface area contributed by atoms with Crippen LogP contribution in [0.25, 0.3) is 0 Å². The highest BCUT2D eigenvalue weighted by Gasteiger charge is 2.38. The van der Waals surface area contributed by atoms with Crippen LogP contribution in [0.5, 0.6) is 0 Å². The molecule has 1 fully saturated rings. The minimum Gasteiger partial charge on any atom is -0.481 e. The molecule has 0 saturated carbocycles. The van der Waals surface area contributed by atoms with Gasteiger partial charge in [0.2, 0.25) is 0 Å². The molecule has 2 rings (SSSR count). The summed E-state index contributed by atoms with van der Waals surface area (Å²) in [5, 5.41) is 10.7. The van der Waals surface area contributed by atoms with Crippen LogP contribution in [0.1, 0.15) is 10.5 Å². The summed E-state index contributed by atoms with van der Waals surface area (Å²) in [6.45, 7) is 0.401. The highest BCUT2D eigenvalue weighted by Crippen LogP contribution is 2.20. The van der Waals surface area contributed by atoms with Crippen molar-refractivity contribution in [3.05, 3.63) is 16.6 Å². The molecule has 1 aliphatic rings. The van der Waals surface area contributed by atoms with Crippen molar-refractivity contribution in [2.75, 3.05) is 20.3 Å². The van der Waals surface area contributed by atoms with Crippen molar-refractivity contribution >= 4 is 23.2 Å². The summed E-state index contributed by atoms with van der Waals surface area (Å²) in [5.74, 6) is -1.87. The fraction of sp³-hybridized carbons (Fsp3) is 0.500. The third kappa shape index (κ3) is 2.29. The molecule has 92 valence electrons. The van der Waals surface area contributed by atoms with E-state index >= 15 is 0 Å². The molecule has 6 nitrogen and oxygen atoms in total. The van der Waals surface area contributed by atoms with E-state index in [1.54, 1.807) is 17.9 Å². The molecule has 2 unspecified atom stereocenters. The lowest BCUT2D eigenvalue weighted by Crippen LogP contribution is -2.44. The van der Waals surface area contributed by atoms with Crippen molar-refractivity contribution in [3.63, 3.8) is 0 Å². The topological polar surface area (TPSA) is 79.7 Å². The Balaban J connectivity index is 2.12. The van der Waals surface area contributed by atoms with Gasteiger partial charge in [0.05, 0.1) is 24.8 Å². The third-order valence-electron chi connectivity index (χ3n) is 2.84. The first-order valence-corrected chi connectivity index (χ1v) is 6.01. The second-order valence-electron chi connectivity index (χ2n) is 3.84. The van der Waals surface area contributed by atoms with E-state index < -0.39 is 17.9 Å². The Hall–Kier alpha value is -1.47. The number of carbonyl (C=O) groups is 2. The van der Waals surface area contributed by atoms with Crippen LogP contribution in [0.2, 0.25) is 0 Å². The Morgan fingerprint density at radius 1 is 1.59 bits per heavy atom. The highest BCUT2D eigenvalue weighted by atomic mass is 32.1. The zero-order valence-corrected chi connectivity index (χ0v) is 10.0. The maximum Gasteiger partial charge on any atom is 0.311 e. The summed E-state index contributed by atoms with van der Waals surface area (Å²) in [7, 11) is 1.58. The second-order valence-corrected chi connectivity index (χ2v) is 4.56. The van der Waals surface area contributed by atoms with E-state index in [0.29, 0.717) is 5.69 Å². The van der Waals surface area contributed by atoms with E-state index in [9.17, 15) is 9.59 Å². The zero-order valence-electron chi connectivity index (χ0n) is 9.20. The molecule has 1 aliphatic heterocycles. The number of hydrogen-bond donors (Lipinski definition) is 1. The molecule has 0 aromatic carbocycles. The third-order valence-corrected chi connectivity index (χ3v) is 3.42. The normalized spacial score (nSPS) is 23.6. The summed E-state index contributed by atoms with van der Waals surface area (Å²) < 4.78 is 5.13. The summed E-state index contributed by atoms with van der Waals surface area (Å²) in [5.41, 5.74) is 1.91. The molecule has 1 N–H and O–H groups in total. The number of ether oxygens (including phenoxy) is 1. The van der Waals surface area contributed by atoms with Crippen LogP contribution < -0.4 is 0 Å². The van der Waals surface area contributed by atoms with Crippen LogP contribution >= 0.6 is 11.3 Å². The van der Waals surface area contributed by atoms with Crippen LogP contribution in [-0.2, 0) is 9.53 Å². The number of thiazole rings is 1. The first-order valence-electron chi connectivity index (χ1n) is 5.07. The number of carbonyl (C=O) groups excluding carboxylic acids is 1. The first kappa shape index (κ1) is 12.0. The number of carboxylic acid groups (broad SMARTS) is 1. The van der Waals surface area contributed by atoms with Crippen LogP contribution in [0, 0.1) is 5.92 Å². The van der Waals surface area contributed by atoms with Gasteiger partial charge in [-0.25, -0.2) is 4.98 Å². The number of amides is 1. The molecular weight excluding hydrogens is 244 g/mol. The number of aromatic nitrogens is 1. The maximum atomic E-state index is 12.0. The summed E-state index contributed by atoms with van der Waals surface area (Å²) in [6.07, 6.45) is 0.